The van der Waals surface area contributed by atoms with Gasteiger partial charge in [0.25, 0.3) is 0 Å². The number of methoxy groups -OCH3 is 4. The standard InChI is InChI=1S/C26H27NO9/c1-27-10-16(6-14-8-18(29-2)23-25(21(14)31-4)35-12-33-23)20(28)17(11-27)7-15-9-19(30-3)24-26(22(15)32-5)36-13-34-24/h6-9H,10-13H2,1-5H3/b16-6-,17-7+. The number of ether oxygens (including phenoxy) is 8. The molecular weight excluding hydrogens is 470 g/mol. The Bertz CT molecular complexity index is 1190. The lowest BCUT2D eigenvalue weighted by Gasteiger charge is -2.26. The number of benzene rings is 2. The molecule has 2 aromatic rings. The van der Waals surface area contributed by atoms with Crippen molar-refractivity contribution in [3.05, 3.63) is 34.4 Å². The van der Waals surface area contributed by atoms with Crippen molar-refractivity contribution in [2.75, 3.05) is 62.2 Å². The number of Topliss-reactive ketones (excluding diaryl/α,β-unsaturated/α-hetero) is 1. The van der Waals surface area contributed by atoms with E-state index in [1.807, 2.05) is 11.9 Å². The number of hydrogen-bond donors (Lipinski definition) is 0. The van der Waals surface area contributed by atoms with E-state index >= 15 is 0 Å². The summed E-state index contributed by atoms with van der Waals surface area (Å²) in [5.74, 6) is 3.72. The maximum absolute atomic E-state index is 13.6. The number of rotatable bonds is 6. The van der Waals surface area contributed by atoms with Crippen molar-refractivity contribution in [1.29, 1.82) is 0 Å². The van der Waals surface area contributed by atoms with Crippen LogP contribution in [0.1, 0.15) is 11.1 Å². The van der Waals surface area contributed by atoms with Crippen molar-refractivity contribution in [3.63, 3.8) is 0 Å². The summed E-state index contributed by atoms with van der Waals surface area (Å²) in [5.41, 5.74) is 2.47. The lowest BCUT2D eigenvalue weighted by molar-refractivity contribution is -0.113. The Morgan fingerprint density at radius 2 is 1.11 bits per heavy atom. The first kappa shape index (κ1) is 23.7. The molecule has 0 N–H and O–H groups in total. The molecule has 0 atom stereocenters. The van der Waals surface area contributed by atoms with Crippen LogP contribution in [0.2, 0.25) is 0 Å². The molecule has 0 bridgehead atoms. The molecule has 0 aliphatic carbocycles. The van der Waals surface area contributed by atoms with Crippen LogP contribution in [-0.2, 0) is 4.79 Å². The molecule has 0 radical (unpaired) electrons. The molecule has 0 unspecified atom stereocenters. The number of piperidine rings is 1. The van der Waals surface area contributed by atoms with Crippen LogP contribution in [0.15, 0.2) is 23.3 Å². The Morgan fingerprint density at radius 3 is 1.50 bits per heavy atom. The number of likely N-dealkylation sites (N-methyl/N-ethyl adjacent to an activating group) is 1. The number of carbonyl (C=O) groups is 1. The fourth-order valence-electron chi connectivity index (χ4n) is 4.59. The molecule has 3 heterocycles. The molecule has 10 nitrogen and oxygen atoms in total. The summed E-state index contributed by atoms with van der Waals surface area (Å²) >= 11 is 0. The average molecular weight is 498 g/mol. The zero-order chi connectivity index (χ0) is 25.4. The van der Waals surface area contributed by atoms with Gasteiger partial charge in [0.1, 0.15) is 0 Å². The van der Waals surface area contributed by atoms with Crippen LogP contribution in [0, 0.1) is 0 Å². The van der Waals surface area contributed by atoms with Gasteiger partial charge in [-0.05, 0) is 31.3 Å². The fraction of sp³-hybridized carbons (Fsp3) is 0.346. The quantitative estimate of drug-likeness (QED) is 0.554. The monoisotopic (exact) mass is 497 g/mol. The van der Waals surface area contributed by atoms with Crippen LogP contribution in [0.25, 0.3) is 12.2 Å². The second kappa shape index (κ2) is 9.54. The molecule has 1 saturated heterocycles. The number of nitrogens with zero attached hydrogens (tertiary/aromatic N) is 1. The van der Waals surface area contributed by atoms with Crippen molar-refractivity contribution >= 4 is 17.9 Å². The normalized spacial score (nSPS) is 18.6. The first-order valence-corrected chi connectivity index (χ1v) is 11.2. The number of carbonyl (C=O) groups excluding carboxylic acids is 1. The highest BCUT2D eigenvalue weighted by Crippen LogP contribution is 2.51. The van der Waals surface area contributed by atoms with Crippen molar-refractivity contribution in [2.45, 2.75) is 0 Å². The number of likely N-dealkylation sites (tertiary alicyclic amines) is 1. The zero-order valence-electron chi connectivity index (χ0n) is 20.8. The second-order valence-corrected chi connectivity index (χ2v) is 8.37. The summed E-state index contributed by atoms with van der Waals surface area (Å²) in [4.78, 5) is 15.7. The highest BCUT2D eigenvalue weighted by molar-refractivity contribution is 6.15. The minimum Gasteiger partial charge on any atom is -0.493 e. The van der Waals surface area contributed by atoms with E-state index in [4.69, 9.17) is 37.9 Å². The second-order valence-electron chi connectivity index (χ2n) is 8.37. The molecule has 0 amide bonds. The van der Waals surface area contributed by atoms with Crippen molar-refractivity contribution in [2.24, 2.45) is 0 Å². The van der Waals surface area contributed by atoms with Crippen LogP contribution in [0.3, 0.4) is 0 Å². The molecule has 10 heteroatoms. The molecule has 3 aliphatic heterocycles. The van der Waals surface area contributed by atoms with E-state index < -0.39 is 0 Å². The Hall–Kier alpha value is -4.05. The smallest absolute Gasteiger partial charge is 0.231 e. The van der Waals surface area contributed by atoms with Crippen LogP contribution in [0.5, 0.6) is 46.0 Å². The van der Waals surface area contributed by atoms with Crippen LogP contribution < -0.4 is 37.9 Å². The molecule has 0 aromatic heterocycles. The van der Waals surface area contributed by atoms with E-state index in [0.717, 1.165) is 0 Å². The van der Waals surface area contributed by atoms with Gasteiger partial charge < -0.3 is 37.9 Å². The van der Waals surface area contributed by atoms with Gasteiger partial charge in [0.2, 0.25) is 36.6 Å². The number of ketones is 1. The molecule has 2 aromatic carbocycles. The lowest BCUT2D eigenvalue weighted by atomic mass is 9.94. The summed E-state index contributed by atoms with van der Waals surface area (Å²) in [7, 11) is 8.14. The average Bonchev–Trinajstić information content (AvgIpc) is 3.56. The third-order valence-corrected chi connectivity index (χ3v) is 6.15. The van der Waals surface area contributed by atoms with Crippen LogP contribution in [-0.4, -0.2) is 72.8 Å². The predicted molar refractivity (Wildman–Crippen MR) is 130 cm³/mol. The Morgan fingerprint density at radius 1 is 0.694 bits per heavy atom. The first-order valence-electron chi connectivity index (χ1n) is 11.2. The summed E-state index contributed by atoms with van der Waals surface area (Å²) < 4.78 is 44.5. The van der Waals surface area contributed by atoms with Gasteiger partial charge in [0.05, 0.1) is 28.4 Å². The minimum absolute atomic E-state index is 0.0669. The van der Waals surface area contributed by atoms with Crippen molar-refractivity contribution in [3.8, 4) is 46.0 Å². The minimum atomic E-state index is -0.0922. The van der Waals surface area contributed by atoms with Crippen molar-refractivity contribution in [1.82, 2.24) is 4.90 Å². The van der Waals surface area contributed by atoms with Crippen molar-refractivity contribution < 1.29 is 42.7 Å². The third kappa shape index (κ3) is 3.93. The van der Waals surface area contributed by atoms with Gasteiger partial charge in [-0.3, -0.25) is 9.69 Å². The molecule has 3 aliphatic rings. The van der Waals surface area contributed by atoms with E-state index in [9.17, 15) is 4.79 Å². The van der Waals surface area contributed by atoms with Gasteiger partial charge in [0.15, 0.2) is 28.8 Å². The molecule has 190 valence electrons. The lowest BCUT2D eigenvalue weighted by Crippen LogP contribution is -2.34. The molecule has 0 spiro atoms. The van der Waals surface area contributed by atoms with Gasteiger partial charge in [-0.15, -0.1) is 0 Å². The maximum atomic E-state index is 13.6. The largest absolute Gasteiger partial charge is 0.493 e. The van der Waals surface area contributed by atoms with Gasteiger partial charge in [-0.2, -0.15) is 0 Å². The first-order chi connectivity index (χ1) is 17.5. The van der Waals surface area contributed by atoms with Crippen LogP contribution >= 0.6 is 0 Å². The SMILES string of the molecule is COc1cc(/C=C2/CN(C)C/C(=C\c3cc(OC)c4c(c3OC)OCO4)C2=O)c(OC)c2c1OCO2. The predicted octanol–water partition coefficient (Wildman–Crippen LogP) is 3.16. The molecular formula is C26H27NO9. The highest BCUT2D eigenvalue weighted by atomic mass is 16.7. The van der Waals surface area contributed by atoms with E-state index in [2.05, 4.69) is 0 Å². The van der Waals surface area contributed by atoms with Gasteiger partial charge >= 0.3 is 0 Å². The van der Waals surface area contributed by atoms with E-state index in [1.165, 1.54) is 0 Å². The number of fused-ring (bicyclic) bond motifs is 2. The summed E-state index contributed by atoms with van der Waals surface area (Å²) in [5, 5.41) is 0. The van der Waals surface area contributed by atoms with E-state index in [-0.39, 0.29) is 19.4 Å². The summed E-state index contributed by atoms with van der Waals surface area (Å²) in [6.45, 7) is 1.05. The van der Waals surface area contributed by atoms with Gasteiger partial charge in [0, 0.05) is 35.4 Å². The molecule has 36 heavy (non-hydrogen) atoms. The maximum Gasteiger partial charge on any atom is 0.231 e. The molecule has 1 fully saturated rings. The Labute approximate surface area is 208 Å². The van der Waals surface area contributed by atoms with E-state index in [1.54, 1.807) is 52.7 Å². The third-order valence-electron chi connectivity index (χ3n) is 6.15. The zero-order valence-corrected chi connectivity index (χ0v) is 20.8. The summed E-state index contributed by atoms with van der Waals surface area (Å²) in [6.07, 6.45) is 3.60. The summed E-state index contributed by atoms with van der Waals surface area (Å²) in [6, 6.07) is 3.55. The topological polar surface area (TPSA) is 94.2 Å². The van der Waals surface area contributed by atoms with Gasteiger partial charge in [-0.25, -0.2) is 0 Å². The fourth-order valence-corrected chi connectivity index (χ4v) is 4.59. The van der Waals surface area contributed by atoms with E-state index in [0.29, 0.717) is 81.4 Å². The van der Waals surface area contributed by atoms with Gasteiger partial charge in [-0.1, -0.05) is 0 Å². The molecule has 5 rings (SSSR count). The van der Waals surface area contributed by atoms with Crippen LogP contribution in [0.4, 0.5) is 0 Å². The number of hydrogen-bond acceptors (Lipinski definition) is 10. The Balaban J connectivity index is 1.58. The molecule has 0 saturated carbocycles. The Kier molecular flexibility index (Phi) is 6.27. The highest BCUT2D eigenvalue weighted by Gasteiger charge is 2.31.